The minimum Gasteiger partial charge on any atom is -0.444 e. The summed E-state index contributed by atoms with van der Waals surface area (Å²) in [5.41, 5.74) is 6.15. The predicted molar refractivity (Wildman–Crippen MR) is 66.8 cm³/mol. The number of ether oxygens (including phenoxy) is 1. The van der Waals surface area contributed by atoms with E-state index >= 15 is 0 Å². The van der Waals surface area contributed by atoms with E-state index in [2.05, 4.69) is 9.55 Å². The molecule has 0 spiro atoms. The minimum absolute atomic E-state index is 0.274. The molecule has 0 fully saturated rings. The van der Waals surface area contributed by atoms with Gasteiger partial charge in [-0.05, 0) is 20.8 Å². The fraction of sp³-hybridized carbons (Fsp3) is 0.667. The van der Waals surface area contributed by atoms with Crippen LogP contribution in [0.4, 0.5) is 4.79 Å². The van der Waals surface area contributed by atoms with Crippen molar-refractivity contribution in [3.05, 3.63) is 17.7 Å². The zero-order valence-corrected chi connectivity index (χ0v) is 11.1. The third kappa shape index (κ3) is 2.64. The molecule has 0 saturated carbocycles. The number of amides is 1. The molecule has 1 aliphatic rings. The van der Waals surface area contributed by atoms with Gasteiger partial charge in [-0.15, -0.1) is 0 Å². The van der Waals surface area contributed by atoms with Crippen molar-refractivity contribution in [1.29, 1.82) is 0 Å². The largest absolute Gasteiger partial charge is 0.444 e. The molecule has 0 aliphatic carbocycles. The molecule has 1 aromatic rings. The molecule has 18 heavy (non-hydrogen) atoms. The van der Waals surface area contributed by atoms with E-state index in [1.807, 2.05) is 20.8 Å². The Hall–Kier alpha value is -1.56. The van der Waals surface area contributed by atoms with Crippen LogP contribution < -0.4 is 5.73 Å². The molecule has 0 unspecified atom stereocenters. The second kappa shape index (κ2) is 4.61. The molecule has 0 radical (unpaired) electrons. The number of imidazole rings is 1. The molecule has 2 rings (SSSR count). The lowest BCUT2D eigenvalue weighted by molar-refractivity contribution is 0.0198. The molecule has 0 bridgehead atoms. The molecular formula is C12H20N4O2. The van der Waals surface area contributed by atoms with Crippen LogP contribution in [0.2, 0.25) is 0 Å². The Bertz CT molecular complexity index is 447. The third-order valence-electron chi connectivity index (χ3n) is 2.80. The summed E-state index contributed by atoms with van der Waals surface area (Å²) >= 11 is 0. The summed E-state index contributed by atoms with van der Waals surface area (Å²) in [6.45, 7) is 7.91. The second-order valence-electron chi connectivity index (χ2n) is 5.42. The average Bonchev–Trinajstić information content (AvgIpc) is 2.68. The first kappa shape index (κ1) is 12.9. The summed E-state index contributed by atoms with van der Waals surface area (Å²) in [5.74, 6) is 0.869. The molecule has 0 saturated heterocycles. The van der Waals surface area contributed by atoms with Crippen LogP contribution in [0, 0.1) is 0 Å². The van der Waals surface area contributed by atoms with Crippen molar-refractivity contribution >= 4 is 6.09 Å². The van der Waals surface area contributed by atoms with Gasteiger partial charge in [0.2, 0.25) is 0 Å². The van der Waals surface area contributed by atoms with E-state index in [0.717, 1.165) is 18.1 Å². The fourth-order valence-corrected chi connectivity index (χ4v) is 1.99. The molecule has 1 amide bonds. The van der Waals surface area contributed by atoms with E-state index < -0.39 is 5.60 Å². The maximum atomic E-state index is 11.9. The second-order valence-corrected chi connectivity index (χ2v) is 5.42. The van der Waals surface area contributed by atoms with Gasteiger partial charge in [0.25, 0.3) is 0 Å². The van der Waals surface area contributed by atoms with Crippen molar-refractivity contribution in [3.63, 3.8) is 0 Å². The van der Waals surface area contributed by atoms with Crippen LogP contribution in [-0.2, 0) is 24.4 Å². The van der Waals surface area contributed by atoms with E-state index in [0.29, 0.717) is 19.6 Å². The number of carbonyl (C=O) groups is 1. The summed E-state index contributed by atoms with van der Waals surface area (Å²) in [6.07, 6.45) is 1.50. The summed E-state index contributed by atoms with van der Waals surface area (Å²) < 4.78 is 7.43. The highest BCUT2D eigenvalue weighted by Crippen LogP contribution is 2.17. The van der Waals surface area contributed by atoms with Gasteiger partial charge in [-0.25, -0.2) is 9.78 Å². The molecule has 6 heteroatoms. The molecule has 1 aliphatic heterocycles. The number of fused-ring (bicyclic) bond motifs is 1. The van der Waals surface area contributed by atoms with Crippen LogP contribution in [0.15, 0.2) is 6.20 Å². The smallest absolute Gasteiger partial charge is 0.410 e. The van der Waals surface area contributed by atoms with Crippen molar-refractivity contribution in [2.75, 3.05) is 6.54 Å². The van der Waals surface area contributed by atoms with Gasteiger partial charge in [0.1, 0.15) is 11.4 Å². The first-order valence-corrected chi connectivity index (χ1v) is 6.12. The van der Waals surface area contributed by atoms with Crippen molar-refractivity contribution in [1.82, 2.24) is 14.5 Å². The van der Waals surface area contributed by atoms with Gasteiger partial charge in [-0.1, -0.05) is 0 Å². The number of aromatic nitrogens is 2. The van der Waals surface area contributed by atoms with Gasteiger partial charge < -0.3 is 19.9 Å². The quantitative estimate of drug-likeness (QED) is 0.812. The van der Waals surface area contributed by atoms with Crippen molar-refractivity contribution in [2.45, 2.75) is 46.0 Å². The molecule has 0 aromatic carbocycles. The van der Waals surface area contributed by atoms with Crippen molar-refractivity contribution in [2.24, 2.45) is 5.73 Å². The average molecular weight is 252 g/mol. The zero-order valence-electron chi connectivity index (χ0n) is 11.1. The number of hydrogen-bond acceptors (Lipinski definition) is 4. The summed E-state index contributed by atoms with van der Waals surface area (Å²) in [4.78, 5) is 17.9. The van der Waals surface area contributed by atoms with Crippen molar-refractivity contribution < 1.29 is 9.53 Å². The topological polar surface area (TPSA) is 73.4 Å². The lowest BCUT2D eigenvalue weighted by Crippen LogP contribution is -2.41. The van der Waals surface area contributed by atoms with E-state index in [1.54, 1.807) is 11.1 Å². The maximum Gasteiger partial charge on any atom is 0.410 e. The van der Waals surface area contributed by atoms with Crippen molar-refractivity contribution in [3.8, 4) is 0 Å². The van der Waals surface area contributed by atoms with Crippen LogP contribution in [0.25, 0.3) is 0 Å². The monoisotopic (exact) mass is 252 g/mol. The summed E-state index contributed by atoms with van der Waals surface area (Å²) in [7, 11) is 0. The third-order valence-corrected chi connectivity index (χ3v) is 2.80. The number of hydrogen-bond donors (Lipinski definition) is 1. The highest BCUT2D eigenvalue weighted by Gasteiger charge is 2.26. The molecular weight excluding hydrogens is 232 g/mol. The summed E-state index contributed by atoms with van der Waals surface area (Å²) in [6, 6.07) is 0. The van der Waals surface area contributed by atoms with Gasteiger partial charge in [-0.2, -0.15) is 0 Å². The molecule has 2 heterocycles. The lowest BCUT2D eigenvalue weighted by atomic mass is 10.2. The van der Waals surface area contributed by atoms with Crippen LogP contribution in [0.1, 0.15) is 32.3 Å². The van der Waals surface area contributed by atoms with Crippen LogP contribution in [-0.4, -0.2) is 32.7 Å². The van der Waals surface area contributed by atoms with Gasteiger partial charge >= 0.3 is 6.09 Å². The maximum absolute atomic E-state index is 11.9. The molecule has 100 valence electrons. The normalized spacial score (nSPS) is 15.4. The SMILES string of the molecule is CC(C)(C)OC(=O)N1CCn2c(cnc2CN)C1. The first-order valence-electron chi connectivity index (χ1n) is 6.12. The Morgan fingerprint density at radius 3 is 2.83 bits per heavy atom. The first-order chi connectivity index (χ1) is 8.40. The number of carbonyl (C=O) groups excluding carboxylic acids is 1. The van der Waals surface area contributed by atoms with Crippen LogP contribution in [0.5, 0.6) is 0 Å². The fourth-order valence-electron chi connectivity index (χ4n) is 1.99. The highest BCUT2D eigenvalue weighted by molar-refractivity contribution is 5.68. The Labute approximate surface area is 107 Å². The van der Waals surface area contributed by atoms with Gasteiger partial charge in [0.05, 0.1) is 25.0 Å². The lowest BCUT2D eigenvalue weighted by Gasteiger charge is -2.31. The van der Waals surface area contributed by atoms with E-state index in [9.17, 15) is 4.79 Å². The number of rotatable bonds is 1. The molecule has 1 aromatic heterocycles. The standard InChI is InChI=1S/C12H20N4O2/c1-12(2,3)18-11(17)15-4-5-16-9(8-15)7-14-10(16)6-13/h7H,4-6,8,13H2,1-3H3. The Morgan fingerprint density at radius 2 is 2.22 bits per heavy atom. The van der Waals surface area contributed by atoms with E-state index in [4.69, 9.17) is 10.5 Å². The molecule has 6 nitrogen and oxygen atoms in total. The van der Waals surface area contributed by atoms with Crippen LogP contribution >= 0.6 is 0 Å². The van der Waals surface area contributed by atoms with Gasteiger partial charge in [0.15, 0.2) is 0 Å². The van der Waals surface area contributed by atoms with E-state index in [1.165, 1.54) is 0 Å². The zero-order chi connectivity index (χ0) is 13.3. The number of nitrogens with two attached hydrogens (primary N) is 1. The number of nitrogens with zero attached hydrogens (tertiary/aromatic N) is 3. The highest BCUT2D eigenvalue weighted by atomic mass is 16.6. The predicted octanol–water partition coefficient (Wildman–Crippen LogP) is 1.09. The Morgan fingerprint density at radius 1 is 1.50 bits per heavy atom. The van der Waals surface area contributed by atoms with Gasteiger partial charge in [-0.3, -0.25) is 0 Å². The molecule has 0 atom stereocenters. The van der Waals surface area contributed by atoms with Gasteiger partial charge in [0, 0.05) is 13.1 Å². The Balaban J connectivity index is 2.06. The van der Waals surface area contributed by atoms with Crippen LogP contribution in [0.3, 0.4) is 0 Å². The summed E-state index contributed by atoms with van der Waals surface area (Å²) in [5, 5.41) is 0. The Kier molecular flexibility index (Phi) is 3.30. The minimum atomic E-state index is -0.461. The van der Waals surface area contributed by atoms with E-state index in [-0.39, 0.29) is 6.09 Å². The molecule has 2 N–H and O–H groups in total.